The largest absolute Gasteiger partial charge is 0.370 e. The molecule has 2 rings (SSSR count). The third kappa shape index (κ3) is 6.33. The molecule has 0 aromatic heterocycles. The monoisotopic (exact) mass is 346 g/mol. The average molecular weight is 347 g/mol. The van der Waals surface area contributed by atoms with E-state index in [1.54, 1.807) is 0 Å². The topological polar surface area (TPSA) is 48.9 Å². The summed E-state index contributed by atoms with van der Waals surface area (Å²) in [7, 11) is 0. The maximum absolute atomic E-state index is 6.04. The summed E-state index contributed by atoms with van der Waals surface area (Å²) in [4.78, 5) is 7.12. The fraction of sp³-hybridized carbons (Fsp3) is 0.650. The molecule has 1 aliphatic rings. The second kappa shape index (κ2) is 9.20. The fourth-order valence-corrected chi connectivity index (χ4v) is 3.00. The minimum absolute atomic E-state index is 0.103. The van der Waals surface area contributed by atoms with Gasteiger partial charge in [0.15, 0.2) is 5.96 Å². The molecule has 0 spiro atoms. The van der Waals surface area contributed by atoms with Gasteiger partial charge in [0.25, 0.3) is 0 Å². The highest BCUT2D eigenvalue weighted by Gasteiger charge is 2.25. The number of rotatable bonds is 5. The summed E-state index contributed by atoms with van der Waals surface area (Å²) in [6.45, 7) is 15.8. The molecule has 1 aromatic carbocycles. The van der Waals surface area contributed by atoms with Crippen LogP contribution < -0.4 is 10.6 Å². The Balaban J connectivity index is 2.01. The van der Waals surface area contributed by atoms with Gasteiger partial charge < -0.3 is 20.3 Å². The molecule has 1 unspecified atom stereocenters. The van der Waals surface area contributed by atoms with Crippen LogP contribution in [0.1, 0.15) is 44.9 Å². The van der Waals surface area contributed by atoms with Gasteiger partial charge in [0, 0.05) is 25.2 Å². The molecule has 0 bridgehead atoms. The molecule has 1 saturated heterocycles. The van der Waals surface area contributed by atoms with Crippen molar-refractivity contribution >= 4 is 5.96 Å². The molecule has 2 N–H and O–H groups in total. The summed E-state index contributed by atoms with van der Waals surface area (Å²) in [6, 6.07) is 8.48. The van der Waals surface area contributed by atoms with Crippen LogP contribution in [-0.2, 0) is 4.74 Å². The van der Waals surface area contributed by atoms with Gasteiger partial charge in [-0.3, -0.25) is 4.99 Å². The number of hydrogen-bond acceptors (Lipinski definition) is 3. The summed E-state index contributed by atoms with van der Waals surface area (Å²) >= 11 is 0. The molecule has 0 radical (unpaired) electrons. The number of guanidine groups is 1. The van der Waals surface area contributed by atoms with Gasteiger partial charge in [0.05, 0.1) is 19.7 Å². The predicted octanol–water partition coefficient (Wildman–Crippen LogP) is 2.72. The third-order valence-corrected chi connectivity index (χ3v) is 4.26. The number of aryl methyl sites for hydroxylation is 1. The minimum atomic E-state index is 0.103. The first-order chi connectivity index (χ1) is 11.9. The Labute approximate surface area is 152 Å². The quantitative estimate of drug-likeness (QED) is 0.489. The molecule has 1 atom stereocenters. The second-order valence-corrected chi connectivity index (χ2v) is 7.57. The lowest BCUT2D eigenvalue weighted by molar-refractivity contribution is -0.00832. The van der Waals surface area contributed by atoms with Crippen LogP contribution in [0.25, 0.3) is 0 Å². The zero-order valence-electron chi connectivity index (χ0n) is 16.4. The van der Waals surface area contributed by atoms with Gasteiger partial charge in [-0.1, -0.05) is 24.3 Å². The molecule has 1 heterocycles. The van der Waals surface area contributed by atoms with E-state index in [9.17, 15) is 0 Å². The van der Waals surface area contributed by atoms with Gasteiger partial charge in [-0.2, -0.15) is 0 Å². The Morgan fingerprint density at radius 2 is 2.08 bits per heavy atom. The van der Waals surface area contributed by atoms with Gasteiger partial charge in [-0.15, -0.1) is 0 Å². The highest BCUT2D eigenvalue weighted by atomic mass is 16.5. The van der Waals surface area contributed by atoms with Crippen molar-refractivity contribution in [1.29, 1.82) is 0 Å². The van der Waals surface area contributed by atoms with E-state index in [1.165, 1.54) is 11.1 Å². The second-order valence-electron chi connectivity index (χ2n) is 7.57. The Morgan fingerprint density at radius 3 is 2.76 bits per heavy atom. The van der Waals surface area contributed by atoms with Crippen molar-refractivity contribution in [2.24, 2.45) is 4.99 Å². The Hall–Kier alpha value is -1.59. The number of morpholine rings is 1. The van der Waals surface area contributed by atoms with Crippen LogP contribution in [0.2, 0.25) is 0 Å². The third-order valence-electron chi connectivity index (χ3n) is 4.26. The van der Waals surface area contributed by atoms with Crippen molar-refractivity contribution in [1.82, 2.24) is 15.5 Å². The van der Waals surface area contributed by atoms with Crippen molar-refractivity contribution in [2.75, 3.05) is 39.3 Å². The SMILES string of the molecule is CCNC(=NCCNC(C)(C)C)N1CCOC(c2ccccc2C)C1. The van der Waals surface area contributed by atoms with Gasteiger partial charge in [-0.05, 0) is 45.7 Å². The number of benzene rings is 1. The van der Waals surface area contributed by atoms with E-state index in [0.717, 1.165) is 45.3 Å². The highest BCUT2D eigenvalue weighted by molar-refractivity contribution is 5.80. The van der Waals surface area contributed by atoms with Crippen LogP contribution in [0.5, 0.6) is 0 Å². The summed E-state index contributed by atoms with van der Waals surface area (Å²) in [5.74, 6) is 0.986. The number of nitrogens with one attached hydrogen (secondary N) is 2. The van der Waals surface area contributed by atoms with Crippen molar-refractivity contribution < 1.29 is 4.74 Å². The van der Waals surface area contributed by atoms with Crippen molar-refractivity contribution in [3.8, 4) is 0 Å². The standard InChI is InChI=1S/C20H34N4O/c1-6-21-19(22-11-12-23-20(3,4)5)24-13-14-25-18(15-24)17-10-8-7-9-16(17)2/h7-10,18,23H,6,11-15H2,1-5H3,(H,21,22). The Morgan fingerprint density at radius 1 is 1.32 bits per heavy atom. The van der Waals surface area contributed by atoms with Crippen LogP contribution in [0.4, 0.5) is 0 Å². The number of aliphatic imine (C=N–C) groups is 1. The minimum Gasteiger partial charge on any atom is -0.370 e. The van der Waals surface area contributed by atoms with E-state index in [2.05, 4.69) is 74.4 Å². The molecule has 5 heteroatoms. The van der Waals surface area contributed by atoms with E-state index in [1.807, 2.05) is 0 Å². The molecule has 25 heavy (non-hydrogen) atoms. The lowest BCUT2D eigenvalue weighted by Crippen LogP contribution is -2.48. The van der Waals surface area contributed by atoms with E-state index >= 15 is 0 Å². The first-order valence-electron chi connectivity index (χ1n) is 9.36. The number of ether oxygens (including phenoxy) is 1. The summed E-state index contributed by atoms with van der Waals surface area (Å²) in [6.07, 6.45) is 0.103. The van der Waals surface area contributed by atoms with E-state index in [0.29, 0.717) is 0 Å². The maximum atomic E-state index is 6.04. The first kappa shape index (κ1) is 19.7. The zero-order chi connectivity index (χ0) is 18.3. The van der Waals surface area contributed by atoms with E-state index in [4.69, 9.17) is 9.73 Å². The molecule has 0 saturated carbocycles. The zero-order valence-corrected chi connectivity index (χ0v) is 16.4. The van der Waals surface area contributed by atoms with Crippen molar-refractivity contribution in [2.45, 2.75) is 46.3 Å². The molecule has 0 aliphatic carbocycles. The first-order valence-corrected chi connectivity index (χ1v) is 9.36. The van der Waals surface area contributed by atoms with Crippen molar-refractivity contribution in [3.63, 3.8) is 0 Å². The van der Waals surface area contributed by atoms with Crippen LogP contribution in [0.3, 0.4) is 0 Å². The predicted molar refractivity (Wildman–Crippen MR) is 105 cm³/mol. The molecule has 1 aromatic rings. The molecule has 0 amide bonds. The lowest BCUT2D eigenvalue weighted by Gasteiger charge is -2.36. The van der Waals surface area contributed by atoms with E-state index < -0.39 is 0 Å². The van der Waals surface area contributed by atoms with Gasteiger partial charge in [0.2, 0.25) is 0 Å². The summed E-state index contributed by atoms with van der Waals surface area (Å²) in [5.41, 5.74) is 2.69. The van der Waals surface area contributed by atoms with Crippen LogP contribution in [0.15, 0.2) is 29.3 Å². The Kier molecular flexibility index (Phi) is 7.26. The molecule has 1 fully saturated rings. The fourth-order valence-electron chi connectivity index (χ4n) is 3.00. The van der Waals surface area contributed by atoms with Crippen LogP contribution in [0, 0.1) is 6.92 Å². The van der Waals surface area contributed by atoms with Crippen LogP contribution in [-0.4, -0.2) is 55.7 Å². The highest BCUT2D eigenvalue weighted by Crippen LogP contribution is 2.24. The summed E-state index contributed by atoms with van der Waals surface area (Å²) < 4.78 is 6.04. The molecular weight excluding hydrogens is 312 g/mol. The smallest absolute Gasteiger partial charge is 0.194 e. The molecule has 140 valence electrons. The van der Waals surface area contributed by atoms with Crippen LogP contribution >= 0.6 is 0 Å². The van der Waals surface area contributed by atoms with Gasteiger partial charge >= 0.3 is 0 Å². The molecular formula is C20H34N4O. The Bertz CT molecular complexity index is 565. The maximum Gasteiger partial charge on any atom is 0.194 e. The number of nitrogens with zero attached hydrogens (tertiary/aromatic N) is 2. The molecule has 5 nitrogen and oxygen atoms in total. The number of hydrogen-bond donors (Lipinski definition) is 2. The normalized spacial score (nSPS) is 19.2. The summed E-state index contributed by atoms with van der Waals surface area (Å²) in [5, 5.41) is 6.92. The van der Waals surface area contributed by atoms with E-state index in [-0.39, 0.29) is 11.6 Å². The molecule has 1 aliphatic heterocycles. The van der Waals surface area contributed by atoms with Gasteiger partial charge in [-0.25, -0.2) is 0 Å². The van der Waals surface area contributed by atoms with Crippen molar-refractivity contribution in [3.05, 3.63) is 35.4 Å². The average Bonchev–Trinajstić information content (AvgIpc) is 2.57. The van der Waals surface area contributed by atoms with Gasteiger partial charge in [0.1, 0.15) is 6.10 Å². The lowest BCUT2D eigenvalue weighted by atomic mass is 10.0.